The van der Waals surface area contributed by atoms with Gasteiger partial charge in [0.25, 0.3) is 0 Å². The van der Waals surface area contributed by atoms with Crippen LogP contribution in [0.3, 0.4) is 0 Å². The highest BCUT2D eigenvalue weighted by Crippen LogP contribution is 2.27. The Morgan fingerprint density at radius 1 is 1.00 bits per heavy atom. The fourth-order valence-corrected chi connectivity index (χ4v) is 3.15. The van der Waals surface area contributed by atoms with Crippen LogP contribution in [0.15, 0.2) is 45.3 Å². The lowest BCUT2D eigenvalue weighted by molar-refractivity contribution is 1.15. The second kappa shape index (κ2) is 6.29. The van der Waals surface area contributed by atoms with Crippen LogP contribution in [0.1, 0.15) is 5.56 Å². The monoisotopic (exact) mass is 407 g/mol. The molecule has 0 radical (unpaired) electrons. The fourth-order valence-electron chi connectivity index (χ4n) is 1.49. The van der Waals surface area contributed by atoms with Crippen LogP contribution in [0, 0.1) is 0 Å². The molecule has 0 aliphatic carbocycles. The summed E-state index contributed by atoms with van der Waals surface area (Å²) in [6.45, 7) is 0.649. The summed E-state index contributed by atoms with van der Waals surface area (Å²) in [7, 11) is 0. The van der Waals surface area contributed by atoms with Gasteiger partial charge in [-0.05, 0) is 51.8 Å². The summed E-state index contributed by atoms with van der Waals surface area (Å²) in [6.07, 6.45) is 0. The van der Waals surface area contributed by atoms with Gasteiger partial charge in [0.2, 0.25) is 0 Å². The molecule has 0 unspecified atom stereocenters. The van der Waals surface area contributed by atoms with Crippen molar-refractivity contribution in [2.24, 2.45) is 0 Å². The molecule has 0 aliphatic rings. The molecule has 0 heterocycles. The Kier molecular flexibility index (Phi) is 4.96. The molecule has 5 heteroatoms. The summed E-state index contributed by atoms with van der Waals surface area (Å²) in [6, 6.07) is 11.5. The summed E-state index contributed by atoms with van der Waals surface area (Å²) in [5.41, 5.74) is 2.03. The first-order valence-electron chi connectivity index (χ1n) is 5.19. The highest BCUT2D eigenvalue weighted by atomic mass is 79.9. The largest absolute Gasteiger partial charge is 0.380 e. The summed E-state index contributed by atoms with van der Waals surface area (Å²) in [5.74, 6) is 0. The predicted molar refractivity (Wildman–Crippen MR) is 85.6 cm³/mol. The van der Waals surface area contributed by atoms with Crippen molar-refractivity contribution in [2.45, 2.75) is 6.54 Å². The minimum atomic E-state index is 0.647. The van der Waals surface area contributed by atoms with Crippen molar-refractivity contribution in [1.82, 2.24) is 0 Å². The van der Waals surface area contributed by atoms with Crippen molar-refractivity contribution in [3.8, 4) is 0 Å². The second-order valence-electron chi connectivity index (χ2n) is 3.71. The lowest BCUT2D eigenvalue weighted by atomic mass is 10.2. The lowest BCUT2D eigenvalue weighted by Gasteiger charge is -2.10. The number of rotatable bonds is 3. The highest BCUT2D eigenvalue weighted by Gasteiger charge is 2.03. The van der Waals surface area contributed by atoms with Gasteiger partial charge in [0.1, 0.15) is 0 Å². The van der Waals surface area contributed by atoms with Gasteiger partial charge in [-0.2, -0.15) is 0 Å². The van der Waals surface area contributed by atoms with Crippen LogP contribution in [0.5, 0.6) is 0 Å². The van der Waals surface area contributed by atoms with E-state index in [0.717, 1.165) is 20.2 Å². The molecular formula is C13H9Br2Cl2N. The molecule has 18 heavy (non-hydrogen) atoms. The molecule has 2 aromatic carbocycles. The predicted octanol–water partition coefficient (Wildman–Crippen LogP) is 6.13. The normalized spacial score (nSPS) is 10.4. The maximum absolute atomic E-state index is 6.12. The van der Waals surface area contributed by atoms with Gasteiger partial charge in [0, 0.05) is 31.2 Å². The number of hydrogen-bond donors (Lipinski definition) is 1. The van der Waals surface area contributed by atoms with Crippen LogP contribution in [0.2, 0.25) is 10.0 Å². The Morgan fingerprint density at radius 2 is 1.78 bits per heavy atom. The van der Waals surface area contributed by atoms with Gasteiger partial charge in [-0.1, -0.05) is 45.2 Å². The summed E-state index contributed by atoms with van der Waals surface area (Å²) < 4.78 is 2.03. The molecule has 2 aromatic rings. The average molecular weight is 410 g/mol. The van der Waals surface area contributed by atoms with Crippen molar-refractivity contribution >= 4 is 60.7 Å². The zero-order valence-corrected chi connectivity index (χ0v) is 13.9. The highest BCUT2D eigenvalue weighted by molar-refractivity contribution is 9.11. The van der Waals surface area contributed by atoms with Crippen LogP contribution < -0.4 is 5.32 Å². The smallest absolute Gasteiger partial charge is 0.0488 e. The van der Waals surface area contributed by atoms with Crippen molar-refractivity contribution in [1.29, 1.82) is 0 Å². The van der Waals surface area contributed by atoms with Crippen LogP contribution in [0.4, 0.5) is 5.69 Å². The fraction of sp³-hybridized carbons (Fsp3) is 0.0769. The molecule has 0 bridgehead atoms. The minimum absolute atomic E-state index is 0.647. The number of hydrogen-bond acceptors (Lipinski definition) is 1. The third kappa shape index (κ3) is 3.64. The molecule has 0 saturated carbocycles. The Bertz CT molecular complexity index is 521. The third-order valence-electron chi connectivity index (χ3n) is 2.42. The molecule has 0 spiro atoms. The van der Waals surface area contributed by atoms with E-state index in [1.807, 2.05) is 30.3 Å². The molecule has 0 aliphatic heterocycles. The molecule has 0 amide bonds. The van der Waals surface area contributed by atoms with E-state index in [-0.39, 0.29) is 0 Å². The second-order valence-corrected chi connectivity index (χ2v) is 6.33. The van der Waals surface area contributed by atoms with E-state index in [1.54, 1.807) is 6.07 Å². The van der Waals surface area contributed by atoms with Crippen molar-refractivity contribution in [3.05, 3.63) is 61.0 Å². The molecule has 1 N–H and O–H groups in total. The van der Waals surface area contributed by atoms with E-state index in [9.17, 15) is 0 Å². The van der Waals surface area contributed by atoms with Crippen molar-refractivity contribution < 1.29 is 0 Å². The summed E-state index contributed by atoms with van der Waals surface area (Å²) in [4.78, 5) is 0. The van der Waals surface area contributed by atoms with Gasteiger partial charge in [0.15, 0.2) is 0 Å². The maximum Gasteiger partial charge on any atom is 0.0488 e. The third-order valence-corrected chi connectivity index (χ3v) is 4.15. The lowest BCUT2D eigenvalue weighted by Crippen LogP contribution is -2.00. The maximum atomic E-state index is 6.12. The molecule has 0 aromatic heterocycles. The van der Waals surface area contributed by atoms with Crippen molar-refractivity contribution in [2.75, 3.05) is 5.32 Å². The van der Waals surface area contributed by atoms with E-state index < -0.39 is 0 Å². The first kappa shape index (κ1) is 14.2. The van der Waals surface area contributed by atoms with Gasteiger partial charge in [-0.25, -0.2) is 0 Å². The van der Waals surface area contributed by atoms with Gasteiger partial charge in [-0.3, -0.25) is 0 Å². The van der Waals surface area contributed by atoms with Crippen LogP contribution in [-0.2, 0) is 6.54 Å². The SMILES string of the molecule is Clc1ccc(CNc2ccc(Br)cc2Br)c(Cl)c1. The Balaban J connectivity index is 2.11. The van der Waals surface area contributed by atoms with Crippen LogP contribution >= 0.6 is 55.1 Å². The van der Waals surface area contributed by atoms with E-state index in [1.165, 1.54) is 0 Å². The summed E-state index contributed by atoms with van der Waals surface area (Å²) in [5, 5.41) is 4.64. The van der Waals surface area contributed by atoms with E-state index >= 15 is 0 Å². The quantitative estimate of drug-likeness (QED) is 0.642. The molecule has 0 saturated heterocycles. The molecule has 2 rings (SSSR count). The first-order chi connectivity index (χ1) is 8.56. The average Bonchev–Trinajstić information content (AvgIpc) is 2.30. The van der Waals surface area contributed by atoms with E-state index in [4.69, 9.17) is 23.2 Å². The van der Waals surface area contributed by atoms with Gasteiger partial charge in [-0.15, -0.1) is 0 Å². The van der Waals surface area contributed by atoms with Crippen molar-refractivity contribution in [3.63, 3.8) is 0 Å². The Labute approximate surface area is 133 Å². The minimum Gasteiger partial charge on any atom is -0.380 e. The van der Waals surface area contributed by atoms with Gasteiger partial charge in [0.05, 0.1) is 0 Å². The Morgan fingerprint density at radius 3 is 2.44 bits per heavy atom. The standard InChI is InChI=1S/C13H9Br2Cl2N/c14-9-2-4-13(11(15)5-9)18-7-8-1-3-10(16)6-12(8)17/h1-6,18H,7H2. The molecule has 1 nitrogen and oxygen atoms in total. The topological polar surface area (TPSA) is 12.0 Å². The van der Waals surface area contributed by atoms with Crippen LogP contribution in [0.25, 0.3) is 0 Å². The number of nitrogens with one attached hydrogen (secondary N) is 1. The number of benzene rings is 2. The summed E-state index contributed by atoms with van der Waals surface area (Å²) >= 11 is 18.9. The molecule has 0 fully saturated rings. The number of anilines is 1. The zero-order chi connectivity index (χ0) is 13.1. The first-order valence-corrected chi connectivity index (χ1v) is 7.53. The van der Waals surface area contributed by atoms with Gasteiger partial charge >= 0.3 is 0 Å². The van der Waals surface area contributed by atoms with E-state index in [0.29, 0.717) is 16.6 Å². The zero-order valence-electron chi connectivity index (χ0n) is 9.18. The molecule has 0 atom stereocenters. The van der Waals surface area contributed by atoms with Gasteiger partial charge < -0.3 is 5.32 Å². The Hall–Kier alpha value is -0.220. The molecular weight excluding hydrogens is 401 g/mol. The number of halogens is 4. The molecule has 94 valence electrons. The van der Waals surface area contributed by atoms with Crippen LogP contribution in [-0.4, -0.2) is 0 Å². The van der Waals surface area contributed by atoms with E-state index in [2.05, 4.69) is 37.2 Å².